The first-order valence-electron chi connectivity index (χ1n) is 20.2. The number of hydrogen-bond acceptors (Lipinski definition) is 7. The molecule has 9 heteroatoms. The normalized spacial score (nSPS) is 20.2. The molecule has 2 fully saturated rings. The SMILES string of the molecule is CC.CC(C)(C)c1ccc(C(N)=O)s1.CCCC1CCCC(C2CC=C(c3cnc(-c4ccc(CCC=O)cc4)nc3)CC2)CC1.CN1CC(C(=O)O)C1. The van der Waals surface area contributed by atoms with Crippen molar-refractivity contribution in [3.05, 3.63) is 75.7 Å². The summed E-state index contributed by atoms with van der Waals surface area (Å²) in [7, 11) is 1.92. The van der Waals surface area contributed by atoms with Gasteiger partial charge in [-0.1, -0.05) is 110 Å². The Morgan fingerprint density at radius 1 is 0.944 bits per heavy atom. The molecule has 1 aromatic carbocycles. The lowest BCUT2D eigenvalue weighted by Crippen LogP contribution is -2.47. The lowest BCUT2D eigenvalue weighted by molar-refractivity contribution is -0.146. The van der Waals surface area contributed by atoms with Crippen LogP contribution in [0.3, 0.4) is 0 Å². The molecule has 3 aromatic rings. The number of rotatable bonds is 10. The molecule has 54 heavy (non-hydrogen) atoms. The van der Waals surface area contributed by atoms with Crippen LogP contribution in [0.4, 0.5) is 0 Å². The maximum absolute atomic E-state index is 10.8. The number of aromatic nitrogens is 2. The first kappa shape index (κ1) is 44.7. The van der Waals surface area contributed by atoms with Gasteiger partial charge in [-0.25, -0.2) is 9.97 Å². The number of hydrogen-bond donors (Lipinski definition) is 2. The van der Waals surface area contributed by atoms with Gasteiger partial charge >= 0.3 is 5.97 Å². The second-order valence-corrected chi connectivity index (χ2v) is 17.0. The number of aliphatic carboxylic acids is 1. The van der Waals surface area contributed by atoms with Crippen molar-refractivity contribution in [3.8, 4) is 11.4 Å². The van der Waals surface area contributed by atoms with Gasteiger partial charge in [-0.3, -0.25) is 9.59 Å². The monoisotopic (exact) mass is 758 g/mol. The summed E-state index contributed by atoms with van der Waals surface area (Å²) < 4.78 is 0. The van der Waals surface area contributed by atoms with Gasteiger partial charge in [0.2, 0.25) is 0 Å². The minimum absolute atomic E-state index is 0.0972. The van der Waals surface area contributed by atoms with Crippen LogP contribution >= 0.6 is 11.3 Å². The van der Waals surface area contributed by atoms with Gasteiger partial charge in [0, 0.05) is 47.9 Å². The molecule has 1 saturated heterocycles. The molecule has 3 N–H and O–H groups in total. The molecule has 3 atom stereocenters. The van der Waals surface area contributed by atoms with Crippen molar-refractivity contribution in [2.24, 2.45) is 29.4 Å². The van der Waals surface area contributed by atoms with Crippen LogP contribution in [0.1, 0.15) is 138 Å². The number of carbonyl (C=O) groups is 3. The molecular weight excluding hydrogens is 693 g/mol. The van der Waals surface area contributed by atoms with E-state index in [1.54, 1.807) is 6.07 Å². The molecule has 3 heterocycles. The predicted octanol–water partition coefficient (Wildman–Crippen LogP) is 10.3. The molecule has 2 aliphatic carbocycles. The summed E-state index contributed by atoms with van der Waals surface area (Å²) in [5.41, 5.74) is 10.1. The summed E-state index contributed by atoms with van der Waals surface area (Å²) in [6.45, 7) is 14.1. The Labute approximate surface area is 329 Å². The van der Waals surface area contributed by atoms with Gasteiger partial charge in [-0.15, -0.1) is 11.3 Å². The van der Waals surface area contributed by atoms with Gasteiger partial charge in [0.05, 0.1) is 10.8 Å². The smallest absolute Gasteiger partial charge is 0.309 e. The van der Waals surface area contributed by atoms with Crippen molar-refractivity contribution < 1.29 is 19.5 Å². The van der Waals surface area contributed by atoms with Crippen LogP contribution in [0.25, 0.3) is 17.0 Å². The Bertz CT molecular complexity index is 1600. The van der Waals surface area contributed by atoms with E-state index in [1.807, 2.05) is 44.3 Å². The van der Waals surface area contributed by atoms with E-state index in [2.05, 4.69) is 68.0 Å². The zero-order valence-corrected chi connectivity index (χ0v) is 34.8. The quantitative estimate of drug-likeness (QED) is 0.156. The van der Waals surface area contributed by atoms with E-state index < -0.39 is 5.97 Å². The van der Waals surface area contributed by atoms with E-state index >= 15 is 0 Å². The lowest BCUT2D eigenvalue weighted by atomic mass is 9.76. The maximum atomic E-state index is 10.8. The van der Waals surface area contributed by atoms with Gasteiger partial charge in [-0.2, -0.15) is 0 Å². The number of aldehydes is 1. The van der Waals surface area contributed by atoms with E-state index in [-0.39, 0.29) is 17.2 Å². The van der Waals surface area contributed by atoms with Gasteiger partial charge < -0.3 is 20.5 Å². The predicted molar refractivity (Wildman–Crippen MR) is 224 cm³/mol. The molecule has 1 saturated carbocycles. The van der Waals surface area contributed by atoms with E-state index in [0.717, 1.165) is 61.4 Å². The minimum Gasteiger partial charge on any atom is -0.481 e. The van der Waals surface area contributed by atoms with E-state index in [0.29, 0.717) is 11.3 Å². The third-order valence-electron chi connectivity index (χ3n) is 10.7. The van der Waals surface area contributed by atoms with Crippen molar-refractivity contribution >= 4 is 35.1 Å². The number of benzene rings is 1. The van der Waals surface area contributed by atoms with Gasteiger partial charge in [-0.05, 0) is 85.6 Å². The number of carbonyl (C=O) groups excluding carboxylic acids is 2. The number of aryl methyl sites for hydroxylation is 1. The summed E-state index contributed by atoms with van der Waals surface area (Å²) in [4.78, 5) is 44.5. The second-order valence-electron chi connectivity index (χ2n) is 15.9. The highest BCUT2D eigenvalue weighted by Gasteiger charge is 2.29. The van der Waals surface area contributed by atoms with Crippen molar-refractivity contribution in [1.29, 1.82) is 0 Å². The molecule has 8 nitrogen and oxygen atoms in total. The summed E-state index contributed by atoms with van der Waals surface area (Å²) in [6.07, 6.45) is 22.5. The number of nitrogens with zero attached hydrogens (tertiary/aromatic N) is 3. The van der Waals surface area contributed by atoms with Crippen molar-refractivity contribution in [2.75, 3.05) is 20.1 Å². The van der Waals surface area contributed by atoms with Crippen LogP contribution in [-0.2, 0) is 21.4 Å². The van der Waals surface area contributed by atoms with Crippen molar-refractivity contribution in [1.82, 2.24) is 14.9 Å². The molecule has 1 amide bonds. The fourth-order valence-electron chi connectivity index (χ4n) is 7.54. The number of carboxylic acid groups (broad SMARTS) is 1. The fourth-order valence-corrected chi connectivity index (χ4v) is 8.45. The molecule has 3 unspecified atom stereocenters. The Kier molecular flexibility index (Phi) is 18.7. The standard InChI is InChI=1S/C29H38N2O.C9H13NOS.C5H9NO2.C2H6/c1-2-5-22-6-3-8-24(12-9-22)25-15-17-26(18-16-25)28-20-30-29(31-21-28)27-13-10-23(11-14-27)7-4-19-32;1-9(2,3)7-5-4-6(12-7)8(10)11;1-6-2-4(3-6)5(7)8;1-2/h10-11,13-14,17,19-22,24-25H,2-9,12,15-16,18H2,1H3;4-5H,1-3H3,(H2,10,11);4H,2-3H2,1H3,(H,7,8);1-2H3. The van der Waals surface area contributed by atoms with E-state index in [1.165, 1.54) is 90.7 Å². The highest BCUT2D eigenvalue weighted by molar-refractivity contribution is 7.14. The first-order chi connectivity index (χ1) is 25.9. The fraction of sp³-hybridized carbons (Fsp3) is 0.578. The first-order valence-corrected chi connectivity index (χ1v) is 21.0. The molecule has 2 aromatic heterocycles. The largest absolute Gasteiger partial charge is 0.481 e. The number of allylic oxidation sites excluding steroid dienone is 2. The molecule has 0 spiro atoms. The van der Waals surface area contributed by atoms with Crippen LogP contribution in [0.2, 0.25) is 0 Å². The molecule has 0 bridgehead atoms. The summed E-state index contributed by atoms with van der Waals surface area (Å²) >= 11 is 1.47. The van der Waals surface area contributed by atoms with Gasteiger partial charge in [0.1, 0.15) is 6.29 Å². The third-order valence-corrected chi connectivity index (χ3v) is 12.3. The van der Waals surface area contributed by atoms with E-state index in [9.17, 15) is 14.4 Å². The molecule has 296 valence electrons. The van der Waals surface area contributed by atoms with Gasteiger partial charge in [0.25, 0.3) is 5.91 Å². The lowest BCUT2D eigenvalue weighted by Gasteiger charge is -2.32. The topological polar surface area (TPSA) is 126 Å². The van der Waals surface area contributed by atoms with Crippen molar-refractivity contribution in [2.45, 2.75) is 124 Å². The second kappa shape index (κ2) is 22.6. The maximum Gasteiger partial charge on any atom is 0.309 e. The highest BCUT2D eigenvalue weighted by Crippen LogP contribution is 2.41. The molecule has 3 aliphatic rings. The number of amides is 1. The van der Waals surface area contributed by atoms with Crippen LogP contribution < -0.4 is 5.73 Å². The Hall–Kier alpha value is -3.69. The third kappa shape index (κ3) is 14.2. The number of nitrogens with two attached hydrogens (primary N) is 1. The Morgan fingerprint density at radius 2 is 1.63 bits per heavy atom. The number of thiophene rings is 1. The molecule has 0 radical (unpaired) electrons. The highest BCUT2D eigenvalue weighted by atomic mass is 32.1. The zero-order valence-electron chi connectivity index (χ0n) is 34.0. The summed E-state index contributed by atoms with van der Waals surface area (Å²) in [5.74, 6) is 2.46. The van der Waals surface area contributed by atoms with Crippen LogP contribution in [0.5, 0.6) is 0 Å². The van der Waals surface area contributed by atoms with Crippen LogP contribution in [0.15, 0.2) is 54.9 Å². The molecule has 1 aliphatic heterocycles. The number of likely N-dealkylation sites (tertiary alicyclic amines) is 1. The van der Waals surface area contributed by atoms with Gasteiger partial charge in [0.15, 0.2) is 5.82 Å². The number of carboxylic acids is 1. The van der Waals surface area contributed by atoms with Crippen LogP contribution in [-0.4, -0.2) is 58.3 Å². The summed E-state index contributed by atoms with van der Waals surface area (Å²) in [6, 6.07) is 12.0. The zero-order chi connectivity index (χ0) is 39.7. The number of primary amides is 1. The molecule has 6 rings (SSSR count). The average Bonchev–Trinajstić information content (AvgIpc) is 3.57. The van der Waals surface area contributed by atoms with Crippen molar-refractivity contribution in [3.63, 3.8) is 0 Å². The van der Waals surface area contributed by atoms with Crippen LogP contribution in [0, 0.1) is 23.7 Å². The Balaban J connectivity index is 0.000000290. The van der Waals surface area contributed by atoms with E-state index in [4.69, 9.17) is 10.8 Å². The molecular formula is C45H66N4O4S. The average molecular weight is 759 g/mol. The summed E-state index contributed by atoms with van der Waals surface area (Å²) in [5, 5.41) is 8.32. The minimum atomic E-state index is -0.664. The Morgan fingerprint density at radius 3 is 2.11 bits per heavy atom.